The lowest BCUT2D eigenvalue weighted by atomic mass is 9.48. The van der Waals surface area contributed by atoms with Crippen molar-refractivity contribution in [3.05, 3.63) is 36.2 Å². The summed E-state index contributed by atoms with van der Waals surface area (Å²) in [4.78, 5) is 25.3. The van der Waals surface area contributed by atoms with Crippen molar-refractivity contribution in [2.45, 2.75) is 38.5 Å². The van der Waals surface area contributed by atoms with Crippen LogP contribution in [0.5, 0.6) is 0 Å². The second-order valence-electron chi connectivity index (χ2n) is 8.50. The number of rotatable bonds is 5. The number of hydrogen-bond donors (Lipinski definition) is 0. The van der Waals surface area contributed by atoms with E-state index in [4.69, 9.17) is 4.74 Å². The minimum Gasteiger partial charge on any atom is -0.454 e. The maximum Gasteiger partial charge on any atom is 0.338 e. The molecule has 4 saturated carbocycles. The molecule has 4 aliphatic carbocycles. The molecule has 0 spiro atoms. The van der Waals surface area contributed by atoms with Crippen molar-refractivity contribution in [3.8, 4) is 5.69 Å². The summed E-state index contributed by atoms with van der Waals surface area (Å²) >= 11 is 0. The fourth-order valence-electron chi connectivity index (χ4n) is 5.85. The zero-order chi connectivity index (χ0) is 18.4. The molecule has 0 radical (unpaired) electrons. The molecule has 6 rings (SSSR count). The second kappa shape index (κ2) is 6.25. The number of hydrogen-bond acceptors (Lipinski definition) is 6. The summed E-state index contributed by atoms with van der Waals surface area (Å²) in [6, 6.07) is 6.81. The van der Waals surface area contributed by atoms with E-state index in [-0.39, 0.29) is 17.8 Å². The first kappa shape index (κ1) is 16.6. The van der Waals surface area contributed by atoms with Gasteiger partial charge in [-0.15, -0.1) is 5.10 Å². The normalized spacial score (nSPS) is 31.0. The number of carbonyl (C=O) groups is 2. The Bertz CT molecular complexity index is 825. The second-order valence-corrected chi connectivity index (χ2v) is 8.50. The molecule has 1 aromatic carbocycles. The summed E-state index contributed by atoms with van der Waals surface area (Å²) in [7, 11) is 0. The summed E-state index contributed by atoms with van der Waals surface area (Å²) in [5.41, 5.74) is 0.949. The molecule has 4 bridgehead atoms. The van der Waals surface area contributed by atoms with Gasteiger partial charge in [0.15, 0.2) is 12.4 Å². The highest BCUT2D eigenvalue weighted by Crippen LogP contribution is 2.60. The Morgan fingerprint density at radius 1 is 1.04 bits per heavy atom. The Balaban J connectivity index is 1.22. The molecule has 2 aromatic rings. The number of benzene rings is 1. The zero-order valence-corrected chi connectivity index (χ0v) is 15.1. The van der Waals surface area contributed by atoms with Gasteiger partial charge in [0.2, 0.25) is 0 Å². The maximum atomic E-state index is 12.9. The van der Waals surface area contributed by atoms with E-state index in [9.17, 15) is 9.59 Å². The van der Waals surface area contributed by atoms with Crippen molar-refractivity contribution in [1.29, 1.82) is 0 Å². The number of ether oxygens (including phenoxy) is 1. The third-order valence-corrected chi connectivity index (χ3v) is 6.68. The molecule has 0 amide bonds. The molecule has 4 aliphatic rings. The highest BCUT2D eigenvalue weighted by molar-refractivity contribution is 5.93. The molecule has 0 aliphatic heterocycles. The number of nitrogens with zero attached hydrogens (tertiary/aromatic N) is 4. The number of Topliss-reactive ketones (excluding diaryl/α,β-unsaturated/α-hetero) is 1. The first-order chi connectivity index (χ1) is 13.1. The van der Waals surface area contributed by atoms with Crippen LogP contribution in [0.2, 0.25) is 0 Å². The molecule has 1 heterocycles. The van der Waals surface area contributed by atoms with E-state index in [1.807, 2.05) is 0 Å². The average Bonchev–Trinajstić information content (AvgIpc) is 3.19. The van der Waals surface area contributed by atoms with E-state index in [2.05, 4.69) is 15.5 Å². The van der Waals surface area contributed by atoms with Gasteiger partial charge in [-0.25, -0.2) is 9.48 Å². The van der Waals surface area contributed by atoms with Crippen LogP contribution >= 0.6 is 0 Å². The van der Waals surface area contributed by atoms with Crippen LogP contribution in [0, 0.1) is 23.2 Å². The topological polar surface area (TPSA) is 87.0 Å². The Morgan fingerprint density at radius 3 is 2.22 bits per heavy atom. The van der Waals surface area contributed by atoms with E-state index < -0.39 is 5.97 Å². The minimum atomic E-state index is -0.462. The fraction of sp³-hybridized carbons (Fsp3) is 0.550. The molecule has 7 nitrogen and oxygen atoms in total. The van der Waals surface area contributed by atoms with E-state index in [0.29, 0.717) is 23.3 Å². The quantitative estimate of drug-likeness (QED) is 0.756. The Kier molecular flexibility index (Phi) is 3.84. The van der Waals surface area contributed by atoms with Crippen molar-refractivity contribution in [2.75, 3.05) is 6.61 Å². The third kappa shape index (κ3) is 2.95. The van der Waals surface area contributed by atoms with Crippen LogP contribution in [-0.4, -0.2) is 38.6 Å². The van der Waals surface area contributed by atoms with Crippen LogP contribution in [-0.2, 0) is 9.53 Å². The van der Waals surface area contributed by atoms with Gasteiger partial charge in [-0.05, 0) is 91.0 Å². The highest BCUT2D eigenvalue weighted by atomic mass is 16.5. The Labute approximate surface area is 157 Å². The minimum absolute atomic E-state index is 0.111. The number of esters is 1. The number of carbonyl (C=O) groups excluding carboxylic acids is 2. The molecule has 1 aromatic heterocycles. The van der Waals surface area contributed by atoms with Crippen LogP contribution < -0.4 is 0 Å². The fourth-order valence-corrected chi connectivity index (χ4v) is 5.85. The van der Waals surface area contributed by atoms with Gasteiger partial charge in [0.1, 0.15) is 6.33 Å². The largest absolute Gasteiger partial charge is 0.454 e. The summed E-state index contributed by atoms with van der Waals surface area (Å²) < 4.78 is 6.88. The van der Waals surface area contributed by atoms with Gasteiger partial charge in [-0.1, -0.05) is 0 Å². The molecule has 0 N–H and O–H groups in total. The zero-order valence-electron chi connectivity index (χ0n) is 15.1. The van der Waals surface area contributed by atoms with E-state index >= 15 is 0 Å². The van der Waals surface area contributed by atoms with E-state index in [0.717, 1.165) is 24.9 Å². The van der Waals surface area contributed by atoms with Crippen LogP contribution in [0.25, 0.3) is 5.69 Å². The van der Waals surface area contributed by atoms with E-state index in [1.54, 1.807) is 24.3 Å². The lowest BCUT2D eigenvalue weighted by Crippen LogP contribution is -2.51. The number of ketones is 1. The highest BCUT2D eigenvalue weighted by Gasteiger charge is 2.54. The van der Waals surface area contributed by atoms with Gasteiger partial charge in [0.25, 0.3) is 0 Å². The summed E-state index contributed by atoms with van der Waals surface area (Å²) in [6.45, 7) is -0.111. The van der Waals surface area contributed by atoms with Crippen LogP contribution in [0.3, 0.4) is 0 Å². The van der Waals surface area contributed by atoms with Gasteiger partial charge in [-0.2, -0.15) is 0 Å². The predicted octanol–water partition coefficient (Wildman–Crippen LogP) is 2.60. The SMILES string of the molecule is O=C(OCC(=O)C12CC3CC(CC(C3)C1)C2)c1ccc(-n2cnnn2)cc1. The van der Waals surface area contributed by atoms with Crippen molar-refractivity contribution in [3.63, 3.8) is 0 Å². The van der Waals surface area contributed by atoms with Gasteiger partial charge in [0.05, 0.1) is 11.3 Å². The molecule has 0 atom stereocenters. The van der Waals surface area contributed by atoms with Gasteiger partial charge in [0, 0.05) is 5.41 Å². The van der Waals surface area contributed by atoms with Crippen molar-refractivity contribution in [1.82, 2.24) is 20.2 Å². The van der Waals surface area contributed by atoms with Crippen molar-refractivity contribution >= 4 is 11.8 Å². The molecular formula is C20H22N4O3. The third-order valence-electron chi connectivity index (χ3n) is 6.68. The van der Waals surface area contributed by atoms with E-state index in [1.165, 1.54) is 30.3 Å². The number of aromatic nitrogens is 4. The summed E-state index contributed by atoms with van der Waals surface area (Å²) in [5.74, 6) is 1.77. The monoisotopic (exact) mass is 366 g/mol. The van der Waals surface area contributed by atoms with Gasteiger partial charge >= 0.3 is 5.97 Å². The first-order valence-corrected chi connectivity index (χ1v) is 9.65. The van der Waals surface area contributed by atoms with Crippen molar-refractivity contribution in [2.24, 2.45) is 23.2 Å². The summed E-state index contributed by atoms with van der Waals surface area (Å²) in [6.07, 6.45) is 8.35. The smallest absolute Gasteiger partial charge is 0.338 e. The molecule has 140 valence electrons. The molecular weight excluding hydrogens is 344 g/mol. The molecule has 27 heavy (non-hydrogen) atoms. The van der Waals surface area contributed by atoms with Gasteiger partial charge < -0.3 is 4.74 Å². The van der Waals surface area contributed by atoms with Crippen LogP contribution in [0.15, 0.2) is 30.6 Å². The van der Waals surface area contributed by atoms with Crippen molar-refractivity contribution < 1.29 is 14.3 Å². The molecule has 0 unspecified atom stereocenters. The maximum absolute atomic E-state index is 12.9. The molecule has 0 saturated heterocycles. The lowest BCUT2D eigenvalue weighted by Gasteiger charge is -2.55. The number of tetrazole rings is 1. The van der Waals surface area contributed by atoms with Crippen LogP contribution in [0.1, 0.15) is 48.9 Å². The first-order valence-electron chi connectivity index (χ1n) is 9.65. The molecule has 7 heteroatoms. The van der Waals surface area contributed by atoms with Crippen LogP contribution in [0.4, 0.5) is 0 Å². The lowest BCUT2D eigenvalue weighted by molar-refractivity contribution is -0.147. The Morgan fingerprint density at radius 2 is 1.67 bits per heavy atom. The predicted molar refractivity (Wildman–Crippen MR) is 95.0 cm³/mol. The summed E-state index contributed by atoms with van der Waals surface area (Å²) in [5, 5.41) is 11.0. The average molecular weight is 366 g/mol. The standard InChI is InChI=1S/C20H22N4O3/c25-18(20-8-13-5-14(9-20)7-15(6-13)10-20)11-27-19(26)16-1-3-17(4-2-16)24-12-21-22-23-24/h1-4,12-15H,5-11H2. The Hall–Kier alpha value is -2.57. The molecule has 4 fully saturated rings. The van der Waals surface area contributed by atoms with Gasteiger partial charge in [-0.3, -0.25) is 4.79 Å².